The number of nitrogens with zero attached hydrogens (tertiary/aromatic N) is 3. The molecule has 0 spiro atoms. The Morgan fingerprint density at radius 1 is 1.17 bits per heavy atom. The molecule has 0 radical (unpaired) electrons. The van der Waals surface area contributed by atoms with Crippen molar-refractivity contribution >= 4 is 33.4 Å². The maximum Gasteiger partial charge on any atom is 0.242 e. The molecule has 1 aromatic heterocycles. The van der Waals surface area contributed by atoms with Crippen LogP contribution in [0.4, 0.5) is 5.69 Å². The van der Waals surface area contributed by atoms with Gasteiger partial charge in [-0.25, -0.2) is 17.7 Å². The smallest absolute Gasteiger partial charge is 0.242 e. The summed E-state index contributed by atoms with van der Waals surface area (Å²) in [6.07, 6.45) is 3.55. The number of hydrogen-bond acceptors (Lipinski definition) is 5. The SMILES string of the molecule is Cc1cccc(-n2ccnc2SCC(=O)Nc2cc(S(=O)(=O)N(C)C)ccc2C)c1. The highest BCUT2D eigenvalue weighted by Crippen LogP contribution is 2.24. The molecule has 0 unspecified atom stereocenters. The van der Waals surface area contributed by atoms with E-state index in [0.717, 1.165) is 21.1 Å². The zero-order valence-corrected chi connectivity index (χ0v) is 18.9. The van der Waals surface area contributed by atoms with E-state index < -0.39 is 10.0 Å². The number of carbonyl (C=O) groups is 1. The molecule has 9 heteroatoms. The number of thioether (sulfide) groups is 1. The third-order valence-corrected chi connectivity index (χ3v) is 7.26. The van der Waals surface area contributed by atoms with Gasteiger partial charge < -0.3 is 5.32 Å². The van der Waals surface area contributed by atoms with E-state index >= 15 is 0 Å². The van der Waals surface area contributed by atoms with Crippen LogP contribution in [0.15, 0.2) is 64.9 Å². The Morgan fingerprint density at radius 2 is 1.93 bits per heavy atom. The lowest BCUT2D eigenvalue weighted by Gasteiger charge is -2.14. The molecule has 1 heterocycles. The van der Waals surface area contributed by atoms with E-state index in [4.69, 9.17) is 0 Å². The van der Waals surface area contributed by atoms with Gasteiger partial charge in [-0.05, 0) is 49.2 Å². The number of imidazole rings is 1. The lowest BCUT2D eigenvalue weighted by molar-refractivity contribution is -0.113. The van der Waals surface area contributed by atoms with Gasteiger partial charge in [0.05, 0.1) is 10.6 Å². The van der Waals surface area contributed by atoms with Gasteiger partial charge in [0.25, 0.3) is 0 Å². The van der Waals surface area contributed by atoms with Gasteiger partial charge in [0.2, 0.25) is 15.9 Å². The Morgan fingerprint density at radius 3 is 2.63 bits per heavy atom. The third-order valence-electron chi connectivity index (χ3n) is 4.48. The molecule has 0 atom stereocenters. The highest BCUT2D eigenvalue weighted by atomic mass is 32.2. The molecule has 3 rings (SSSR count). The normalized spacial score (nSPS) is 11.6. The second-order valence-corrected chi connectivity index (χ2v) is 10.1. The molecule has 3 aromatic rings. The number of hydrogen-bond donors (Lipinski definition) is 1. The van der Waals surface area contributed by atoms with Gasteiger partial charge in [-0.15, -0.1) is 0 Å². The quantitative estimate of drug-likeness (QED) is 0.564. The van der Waals surface area contributed by atoms with Gasteiger partial charge in [-0.2, -0.15) is 0 Å². The summed E-state index contributed by atoms with van der Waals surface area (Å²) in [6, 6.07) is 12.7. The summed E-state index contributed by atoms with van der Waals surface area (Å²) in [5.74, 6) is -0.0892. The molecular formula is C21H24N4O3S2. The van der Waals surface area contributed by atoms with Crippen LogP contribution in [0.2, 0.25) is 0 Å². The monoisotopic (exact) mass is 444 g/mol. The van der Waals surface area contributed by atoms with Gasteiger partial charge in [0.15, 0.2) is 5.16 Å². The van der Waals surface area contributed by atoms with E-state index in [0.29, 0.717) is 10.8 Å². The van der Waals surface area contributed by atoms with Crippen LogP contribution < -0.4 is 5.32 Å². The Bertz CT molecular complexity index is 1170. The summed E-state index contributed by atoms with van der Waals surface area (Å²) in [5.41, 5.74) is 3.38. The topological polar surface area (TPSA) is 84.3 Å². The average molecular weight is 445 g/mol. The summed E-state index contributed by atoms with van der Waals surface area (Å²) >= 11 is 1.32. The number of aromatic nitrogens is 2. The molecule has 7 nitrogen and oxygen atoms in total. The summed E-state index contributed by atoms with van der Waals surface area (Å²) in [4.78, 5) is 17.0. The maximum absolute atomic E-state index is 12.5. The first-order valence-electron chi connectivity index (χ1n) is 9.24. The van der Waals surface area contributed by atoms with Gasteiger partial charge in [-0.3, -0.25) is 9.36 Å². The van der Waals surface area contributed by atoms with Crippen molar-refractivity contribution in [3.8, 4) is 5.69 Å². The van der Waals surface area contributed by atoms with Gasteiger partial charge in [0.1, 0.15) is 0 Å². The minimum Gasteiger partial charge on any atom is -0.325 e. The van der Waals surface area contributed by atoms with E-state index in [-0.39, 0.29) is 16.6 Å². The molecule has 30 heavy (non-hydrogen) atoms. The van der Waals surface area contributed by atoms with Crippen LogP contribution >= 0.6 is 11.8 Å². The molecular weight excluding hydrogens is 420 g/mol. The molecule has 158 valence electrons. The molecule has 0 aliphatic rings. The number of carbonyl (C=O) groups excluding carboxylic acids is 1. The molecule has 0 fully saturated rings. The highest BCUT2D eigenvalue weighted by Gasteiger charge is 2.19. The number of benzene rings is 2. The number of sulfonamides is 1. The largest absolute Gasteiger partial charge is 0.325 e. The summed E-state index contributed by atoms with van der Waals surface area (Å²) in [6.45, 7) is 3.84. The van der Waals surface area contributed by atoms with Crippen molar-refractivity contribution in [3.63, 3.8) is 0 Å². The first kappa shape index (κ1) is 22.1. The van der Waals surface area contributed by atoms with Crippen LogP contribution in [0.3, 0.4) is 0 Å². The molecule has 2 aromatic carbocycles. The number of aryl methyl sites for hydroxylation is 2. The van der Waals surface area contributed by atoms with Gasteiger partial charge in [-0.1, -0.05) is 30.0 Å². The molecule has 1 amide bonds. The van der Waals surface area contributed by atoms with Crippen molar-refractivity contribution in [2.75, 3.05) is 25.2 Å². The highest BCUT2D eigenvalue weighted by molar-refractivity contribution is 7.99. The molecule has 1 N–H and O–H groups in total. The molecule has 0 aliphatic carbocycles. The Labute approximate surface area is 181 Å². The number of nitrogens with one attached hydrogen (secondary N) is 1. The van der Waals surface area contributed by atoms with Crippen molar-refractivity contribution in [2.45, 2.75) is 23.9 Å². The predicted molar refractivity (Wildman–Crippen MR) is 120 cm³/mol. The average Bonchev–Trinajstić information content (AvgIpc) is 3.16. The minimum atomic E-state index is -3.58. The predicted octanol–water partition coefficient (Wildman–Crippen LogP) is 3.47. The zero-order chi connectivity index (χ0) is 21.9. The summed E-state index contributed by atoms with van der Waals surface area (Å²) < 4.78 is 27.8. The van der Waals surface area contributed by atoms with Crippen LogP contribution in [-0.2, 0) is 14.8 Å². The van der Waals surface area contributed by atoms with Crippen LogP contribution in [0, 0.1) is 13.8 Å². The number of anilines is 1. The van der Waals surface area contributed by atoms with Crippen LogP contribution in [-0.4, -0.2) is 48.0 Å². The first-order chi connectivity index (χ1) is 14.2. The van der Waals surface area contributed by atoms with Crippen molar-refractivity contribution < 1.29 is 13.2 Å². The van der Waals surface area contributed by atoms with Crippen molar-refractivity contribution in [3.05, 3.63) is 66.0 Å². The van der Waals surface area contributed by atoms with Crippen molar-refractivity contribution in [1.82, 2.24) is 13.9 Å². The second kappa shape index (κ2) is 9.03. The molecule has 0 aliphatic heterocycles. The Balaban J connectivity index is 1.72. The zero-order valence-electron chi connectivity index (χ0n) is 17.3. The van der Waals surface area contributed by atoms with Crippen LogP contribution in [0.1, 0.15) is 11.1 Å². The molecule has 0 bridgehead atoms. The van der Waals surface area contributed by atoms with E-state index in [1.165, 1.54) is 38.0 Å². The Kier molecular flexibility index (Phi) is 6.64. The van der Waals surface area contributed by atoms with Crippen molar-refractivity contribution in [2.24, 2.45) is 0 Å². The van der Waals surface area contributed by atoms with E-state index in [9.17, 15) is 13.2 Å². The van der Waals surface area contributed by atoms with Crippen LogP contribution in [0.25, 0.3) is 5.69 Å². The minimum absolute atomic E-state index is 0.135. The van der Waals surface area contributed by atoms with Gasteiger partial charge in [0, 0.05) is 37.9 Å². The first-order valence-corrected chi connectivity index (χ1v) is 11.7. The van der Waals surface area contributed by atoms with E-state index in [1.807, 2.05) is 48.9 Å². The number of rotatable bonds is 7. The molecule has 0 saturated heterocycles. The fourth-order valence-electron chi connectivity index (χ4n) is 2.79. The summed E-state index contributed by atoms with van der Waals surface area (Å²) in [7, 11) is -0.631. The maximum atomic E-state index is 12.5. The van der Waals surface area contributed by atoms with E-state index in [1.54, 1.807) is 12.3 Å². The van der Waals surface area contributed by atoms with E-state index in [2.05, 4.69) is 10.3 Å². The fraction of sp³-hybridized carbons (Fsp3) is 0.238. The summed E-state index contributed by atoms with van der Waals surface area (Å²) in [5, 5.41) is 3.52. The Hall–Kier alpha value is -2.62. The molecule has 0 saturated carbocycles. The third kappa shape index (κ3) is 4.92. The number of amides is 1. The lowest BCUT2D eigenvalue weighted by Crippen LogP contribution is -2.22. The second-order valence-electron chi connectivity index (χ2n) is 7.02. The lowest BCUT2D eigenvalue weighted by atomic mass is 10.2. The van der Waals surface area contributed by atoms with Crippen molar-refractivity contribution in [1.29, 1.82) is 0 Å². The van der Waals surface area contributed by atoms with Gasteiger partial charge >= 0.3 is 0 Å². The van der Waals surface area contributed by atoms with Crippen LogP contribution in [0.5, 0.6) is 0 Å². The standard InChI is InChI=1S/C21H24N4O3S2/c1-15-6-5-7-17(12-15)25-11-10-22-21(25)29-14-20(26)23-19-13-18(9-8-16(19)2)30(27,28)24(3)4/h5-13H,14H2,1-4H3,(H,23,26). The fourth-order valence-corrected chi connectivity index (χ4v) is 4.50.